The highest BCUT2D eigenvalue weighted by molar-refractivity contribution is 7.89. The average Bonchev–Trinajstić information content (AvgIpc) is 2.58. The summed E-state index contributed by atoms with van der Waals surface area (Å²) in [6.45, 7) is 1.24. The molecule has 2 aromatic rings. The van der Waals surface area contributed by atoms with Gasteiger partial charge in [0, 0.05) is 25.4 Å². The van der Waals surface area contributed by atoms with Gasteiger partial charge < -0.3 is 10.6 Å². The lowest BCUT2D eigenvalue weighted by Crippen LogP contribution is -2.13. The number of hydrogen-bond acceptors (Lipinski definition) is 7. The number of anilines is 2. The van der Waals surface area contributed by atoms with E-state index in [4.69, 9.17) is 5.14 Å². The number of primary sulfonamides is 1. The third kappa shape index (κ3) is 5.69. The summed E-state index contributed by atoms with van der Waals surface area (Å²) in [7, 11) is -3.98. The normalized spacial score (nSPS) is 11.1. The molecule has 1 aromatic carbocycles. The molecule has 0 radical (unpaired) electrons. The van der Waals surface area contributed by atoms with Gasteiger partial charge in [0.15, 0.2) is 0 Å². The monoisotopic (exact) mass is 365 g/mol. The van der Waals surface area contributed by atoms with Crippen molar-refractivity contribution in [2.75, 3.05) is 23.7 Å². The van der Waals surface area contributed by atoms with Crippen molar-refractivity contribution in [3.63, 3.8) is 0 Å². The number of unbranched alkanes of at least 4 members (excludes halogenated alkanes) is 1. The van der Waals surface area contributed by atoms with Crippen molar-refractivity contribution in [1.29, 1.82) is 0 Å². The number of nitrogens with zero attached hydrogens (tertiary/aromatic N) is 2. The lowest BCUT2D eigenvalue weighted by molar-refractivity contribution is -0.384. The van der Waals surface area contributed by atoms with Gasteiger partial charge in [0.05, 0.1) is 9.82 Å². The van der Waals surface area contributed by atoms with Gasteiger partial charge in [0.2, 0.25) is 10.0 Å². The first kappa shape index (κ1) is 18.6. The van der Waals surface area contributed by atoms with Crippen LogP contribution in [0.25, 0.3) is 0 Å². The minimum atomic E-state index is -3.98. The Kier molecular flexibility index (Phi) is 6.25. The van der Waals surface area contributed by atoms with Crippen molar-refractivity contribution in [2.24, 2.45) is 5.14 Å². The van der Waals surface area contributed by atoms with Crippen molar-refractivity contribution in [3.05, 3.63) is 52.7 Å². The fourth-order valence-corrected chi connectivity index (χ4v) is 2.68. The Morgan fingerprint density at radius 1 is 1.12 bits per heavy atom. The van der Waals surface area contributed by atoms with E-state index in [1.165, 1.54) is 12.1 Å². The molecule has 0 saturated heterocycles. The zero-order chi connectivity index (χ0) is 18.3. The van der Waals surface area contributed by atoms with Crippen LogP contribution in [0.15, 0.2) is 47.5 Å². The number of pyridine rings is 1. The van der Waals surface area contributed by atoms with Crippen molar-refractivity contribution in [3.8, 4) is 0 Å². The first-order chi connectivity index (χ1) is 11.9. The standard InChI is InChI=1S/C15H19N5O4S/c16-25(23,24)12-6-7-13(14(11-12)20(21)22)17-8-3-4-10-19-15-5-1-2-9-18-15/h1-2,5-7,9,11,17H,3-4,8,10H2,(H,18,19)(H2,16,23,24). The van der Waals surface area contributed by atoms with Gasteiger partial charge in [-0.05, 0) is 37.1 Å². The molecule has 0 fully saturated rings. The molecule has 0 aliphatic heterocycles. The third-order valence-corrected chi connectivity index (χ3v) is 4.30. The van der Waals surface area contributed by atoms with Crippen LogP contribution >= 0.6 is 0 Å². The molecule has 0 unspecified atom stereocenters. The van der Waals surface area contributed by atoms with Crippen LogP contribution in [-0.2, 0) is 10.0 Å². The number of sulfonamides is 1. The highest BCUT2D eigenvalue weighted by Crippen LogP contribution is 2.27. The SMILES string of the molecule is NS(=O)(=O)c1ccc(NCCCCNc2ccccn2)c([N+](=O)[O-])c1. The van der Waals surface area contributed by atoms with Gasteiger partial charge in [-0.3, -0.25) is 10.1 Å². The summed E-state index contributed by atoms with van der Waals surface area (Å²) in [6, 6.07) is 9.15. The Morgan fingerprint density at radius 2 is 1.84 bits per heavy atom. The molecule has 0 bridgehead atoms. The molecule has 4 N–H and O–H groups in total. The second kappa shape index (κ2) is 8.40. The van der Waals surface area contributed by atoms with E-state index < -0.39 is 14.9 Å². The highest BCUT2D eigenvalue weighted by Gasteiger charge is 2.18. The van der Waals surface area contributed by atoms with E-state index in [9.17, 15) is 18.5 Å². The van der Waals surface area contributed by atoms with Crippen molar-refractivity contribution in [2.45, 2.75) is 17.7 Å². The quantitative estimate of drug-likeness (QED) is 0.350. The summed E-state index contributed by atoms with van der Waals surface area (Å²) < 4.78 is 22.6. The molecule has 0 amide bonds. The van der Waals surface area contributed by atoms with E-state index in [0.29, 0.717) is 6.54 Å². The second-order valence-corrected chi connectivity index (χ2v) is 6.82. The van der Waals surface area contributed by atoms with Gasteiger partial charge in [-0.2, -0.15) is 0 Å². The molecule has 0 aliphatic rings. The average molecular weight is 365 g/mol. The molecule has 9 nitrogen and oxygen atoms in total. The number of rotatable bonds is 9. The van der Waals surface area contributed by atoms with Crippen LogP contribution in [0.5, 0.6) is 0 Å². The Hall–Kier alpha value is -2.72. The third-order valence-electron chi connectivity index (χ3n) is 3.38. The molecule has 0 atom stereocenters. The molecule has 1 heterocycles. The molecule has 2 rings (SSSR count). The van der Waals surface area contributed by atoms with Crippen LogP contribution < -0.4 is 15.8 Å². The minimum absolute atomic E-state index is 0.259. The Bertz CT molecular complexity index is 827. The maximum absolute atomic E-state index is 11.3. The van der Waals surface area contributed by atoms with Gasteiger partial charge >= 0.3 is 0 Å². The van der Waals surface area contributed by atoms with Crippen LogP contribution in [0.4, 0.5) is 17.2 Å². The number of nitro benzene ring substituents is 1. The zero-order valence-corrected chi connectivity index (χ0v) is 14.2. The predicted molar refractivity (Wildman–Crippen MR) is 94.9 cm³/mol. The summed E-state index contributed by atoms with van der Waals surface area (Å²) in [6.07, 6.45) is 3.31. The van der Waals surface area contributed by atoms with Crippen molar-refractivity contribution >= 4 is 27.2 Å². The van der Waals surface area contributed by atoms with E-state index in [1.807, 2.05) is 18.2 Å². The van der Waals surface area contributed by atoms with Crippen LogP contribution in [0, 0.1) is 10.1 Å². The van der Waals surface area contributed by atoms with Crippen molar-refractivity contribution < 1.29 is 13.3 Å². The smallest absolute Gasteiger partial charge is 0.293 e. The van der Waals surface area contributed by atoms with Gasteiger partial charge in [-0.1, -0.05) is 6.07 Å². The van der Waals surface area contributed by atoms with E-state index in [-0.39, 0.29) is 16.3 Å². The number of benzene rings is 1. The molecule has 0 saturated carbocycles. The summed E-state index contributed by atoms with van der Waals surface area (Å²) in [4.78, 5) is 14.3. The van der Waals surface area contributed by atoms with Gasteiger partial charge in [0.25, 0.3) is 5.69 Å². The van der Waals surface area contributed by atoms with Crippen LogP contribution in [0.2, 0.25) is 0 Å². The number of nitrogens with one attached hydrogen (secondary N) is 2. The van der Waals surface area contributed by atoms with Crippen LogP contribution in [0.1, 0.15) is 12.8 Å². The number of aromatic nitrogens is 1. The van der Waals surface area contributed by atoms with Gasteiger partial charge in [0.1, 0.15) is 11.5 Å². The van der Waals surface area contributed by atoms with Crippen LogP contribution in [0.3, 0.4) is 0 Å². The Labute approximate surface area is 145 Å². The molecular formula is C15H19N5O4S. The Balaban J connectivity index is 1.85. The van der Waals surface area contributed by atoms with Crippen molar-refractivity contribution in [1.82, 2.24) is 4.98 Å². The molecule has 25 heavy (non-hydrogen) atoms. The first-order valence-electron chi connectivity index (χ1n) is 7.58. The summed E-state index contributed by atoms with van der Waals surface area (Å²) in [5.74, 6) is 0.796. The van der Waals surface area contributed by atoms with E-state index in [2.05, 4.69) is 15.6 Å². The van der Waals surface area contributed by atoms with E-state index in [1.54, 1.807) is 6.20 Å². The predicted octanol–water partition coefficient (Wildman–Crippen LogP) is 1.94. The maximum atomic E-state index is 11.3. The highest BCUT2D eigenvalue weighted by atomic mass is 32.2. The fraction of sp³-hybridized carbons (Fsp3) is 0.267. The van der Waals surface area contributed by atoms with Crippen LogP contribution in [-0.4, -0.2) is 31.4 Å². The lowest BCUT2D eigenvalue weighted by atomic mass is 10.2. The fourth-order valence-electron chi connectivity index (χ4n) is 2.15. The molecule has 0 spiro atoms. The molecule has 10 heteroatoms. The van der Waals surface area contributed by atoms with Gasteiger partial charge in [-0.15, -0.1) is 0 Å². The number of nitro groups is 1. The molecule has 134 valence electrons. The maximum Gasteiger partial charge on any atom is 0.293 e. The summed E-state index contributed by atoms with van der Waals surface area (Å²) >= 11 is 0. The summed E-state index contributed by atoms with van der Waals surface area (Å²) in [5, 5.41) is 22.2. The zero-order valence-electron chi connectivity index (χ0n) is 13.4. The first-order valence-corrected chi connectivity index (χ1v) is 9.12. The molecular weight excluding hydrogens is 346 g/mol. The lowest BCUT2D eigenvalue weighted by Gasteiger charge is -2.09. The molecule has 0 aliphatic carbocycles. The summed E-state index contributed by atoms with van der Waals surface area (Å²) in [5.41, 5.74) is -0.0618. The molecule has 1 aromatic heterocycles. The number of nitrogens with two attached hydrogens (primary N) is 1. The second-order valence-electron chi connectivity index (χ2n) is 5.26. The van der Waals surface area contributed by atoms with E-state index in [0.717, 1.165) is 31.3 Å². The topological polar surface area (TPSA) is 140 Å². The van der Waals surface area contributed by atoms with E-state index >= 15 is 0 Å². The Morgan fingerprint density at radius 3 is 2.44 bits per heavy atom. The number of hydrogen-bond donors (Lipinski definition) is 3. The largest absolute Gasteiger partial charge is 0.379 e. The minimum Gasteiger partial charge on any atom is -0.379 e. The van der Waals surface area contributed by atoms with Gasteiger partial charge in [-0.25, -0.2) is 18.5 Å².